The summed E-state index contributed by atoms with van der Waals surface area (Å²) in [5.41, 5.74) is 0.261. The zero-order valence-electron chi connectivity index (χ0n) is 14.7. The van der Waals surface area contributed by atoms with Crippen LogP contribution >= 0.6 is 0 Å². The summed E-state index contributed by atoms with van der Waals surface area (Å²) in [7, 11) is -3.62. The highest BCUT2D eigenvalue weighted by Crippen LogP contribution is 2.70. The van der Waals surface area contributed by atoms with E-state index >= 15 is 0 Å². The van der Waals surface area contributed by atoms with Gasteiger partial charge in [0.15, 0.2) is 0 Å². The van der Waals surface area contributed by atoms with E-state index < -0.39 is 22.0 Å². The fourth-order valence-electron chi connectivity index (χ4n) is 5.67. The normalized spacial score (nSPS) is 35.6. The van der Waals surface area contributed by atoms with Crippen LogP contribution < -0.4 is 0 Å². The van der Waals surface area contributed by atoms with Gasteiger partial charge in [0.2, 0.25) is 15.9 Å². The maximum atomic E-state index is 12.9. The minimum absolute atomic E-state index is 0.0577. The van der Waals surface area contributed by atoms with E-state index in [0.29, 0.717) is 11.5 Å². The van der Waals surface area contributed by atoms with Gasteiger partial charge < -0.3 is 5.11 Å². The van der Waals surface area contributed by atoms with Crippen molar-refractivity contribution in [2.75, 3.05) is 5.75 Å². The van der Waals surface area contributed by atoms with Gasteiger partial charge in [-0.3, -0.25) is 4.79 Å². The molecule has 3 fully saturated rings. The first kappa shape index (κ1) is 17.0. The molecule has 1 aliphatic heterocycles. The number of carbonyl (C=O) groups is 1. The Morgan fingerprint density at radius 1 is 1.32 bits per heavy atom. The quantitative estimate of drug-likeness (QED) is 0.895. The van der Waals surface area contributed by atoms with Gasteiger partial charge in [0.25, 0.3) is 0 Å². The SMILES string of the molecule is CC1(C)[C@@H]2CC[C@@]13CS(=O)(=O)N(C(=O)C[C@@H](O)c1ccccc1)[C@H]3C2. The molecular weight excluding hydrogens is 338 g/mol. The van der Waals surface area contributed by atoms with Gasteiger partial charge in [-0.1, -0.05) is 44.2 Å². The minimum Gasteiger partial charge on any atom is -0.388 e. The van der Waals surface area contributed by atoms with E-state index in [2.05, 4.69) is 13.8 Å². The minimum atomic E-state index is -3.62. The van der Waals surface area contributed by atoms with Crippen molar-refractivity contribution in [2.24, 2.45) is 16.7 Å². The lowest BCUT2D eigenvalue weighted by Crippen LogP contribution is -2.44. The maximum absolute atomic E-state index is 12.9. The Kier molecular flexibility index (Phi) is 3.61. The van der Waals surface area contributed by atoms with Gasteiger partial charge in [0.1, 0.15) is 0 Å². The van der Waals surface area contributed by atoms with Gasteiger partial charge in [-0.2, -0.15) is 0 Å². The Bertz CT molecular complexity index is 804. The zero-order valence-corrected chi connectivity index (χ0v) is 15.5. The Hall–Kier alpha value is -1.40. The number of rotatable bonds is 3. The van der Waals surface area contributed by atoms with Crippen molar-refractivity contribution in [1.82, 2.24) is 4.31 Å². The van der Waals surface area contributed by atoms with Crippen molar-refractivity contribution in [2.45, 2.75) is 51.7 Å². The highest BCUT2D eigenvalue weighted by molar-refractivity contribution is 7.90. The number of aliphatic hydroxyl groups is 1. The molecule has 3 aliphatic rings. The first-order valence-electron chi connectivity index (χ1n) is 8.97. The molecule has 136 valence electrons. The standard InChI is InChI=1S/C19H25NO4S/c1-18(2)14-8-9-19(18)12-25(23,24)20(16(19)10-14)17(22)11-15(21)13-6-4-3-5-7-13/h3-7,14-16,21H,8-12H2,1-2H3/t14-,15-,16+,19+/m1/s1. The fraction of sp³-hybridized carbons (Fsp3) is 0.632. The third kappa shape index (κ3) is 2.23. The lowest BCUT2D eigenvalue weighted by atomic mass is 9.69. The van der Waals surface area contributed by atoms with Crippen molar-refractivity contribution in [3.63, 3.8) is 0 Å². The van der Waals surface area contributed by atoms with E-state index in [4.69, 9.17) is 0 Å². The first-order valence-corrected chi connectivity index (χ1v) is 10.6. The number of benzene rings is 1. The average Bonchev–Trinajstić information content (AvgIpc) is 3.02. The molecule has 25 heavy (non-hydrogen) atoms. The van der Waals surface area contributed by atoms with Gasteiger partial charge in [0.05, 0.1) is 24.3 Å². The number of amides is 1. The van der Waals surface area contributed by atoms with Crippen LogP contribution in [0.25, 0.3) is 0 Å². The van der Waals surface area contributed by atoms with E-state index in [0.717, 1.165) is 23.6 Å². The first-order chi connectivity index (χ1) is 11.7. The highest BCUT2D eigenvalue weighted by atomic mass is 32.2. The van der Waals surface area contributed by atoms with Crippen LogP contribution in [-0.2, 0) is 14.8 Å². The van der Waals surface area contributed by atoms with Crippen LogP contribution in [0.2, 0.25) is 0 Å². The highest BCUT2D eigenvalue weighted by Gasteiger charge is 2.72. The molecular formula is C19H25NO4S. The molecule has 1 amide bonds. The summed E-state index contributed by atoms with van der Waals surface area (Å²) in [6.45, 7) is 4.32. The predicted molar refractivity (Wildman–Crippen MR) is 94.0 cm³/mol. The monoisotopic (exact) mass is 363 g/mol. The number of nitrogens with zero attached hydrogens (tertiary/aromatic N) is 1. The van der Waals surface area contributed by atoms with Crippen LogP contribution in [0.4, 0.5) is 0 Å². The van der Waals surface area contributed by atoms with E-state index in [1.54, 1.807) is 24.3 Å². The van der Waals surface area contributed by atoms with Crippen LogP contribution in [0.15, 0.2) is 30.3 Å². The largest absolute Gasteiger partial charge is 0.388 e. The fourth-order valence-corrected chi connectivity index (χ4v) is 8.22. The number of sulfonamides is 1. The second-order valence-corrected chi connectivity index (χ2v) is 10.3. The summed E-state index contributed by atoms with van der Waals surface area (Å²) in [4.78, 5) is 12.9. The van der Waals surface area contributed by atoms with Crippen molar-refractivity contribution in [3.8, 4) is 0 Å². The summed E-state index contributed by atoms with van der Waals surface area (Å²) in [6.07, 6.45) is 1.51. The second kappa shape index (κ2) is 5.30. The molecule has 1 aromatic carbocycles. The molecule has 1 aromatic rings. The molecule has 2 bridgehead atoms. The number of hydrogen-bond donors (Lipinski definition) is 1. The Morgan fingerprint density at radius 3 is 2.64 bits per heavy atom. The Morgan fingerprint density at radius 2 is 2.00 bits per heavy atom. The molecule has 4 atom stereocenters. The molecule has 6 heteroatoms. The second-order valence-electron chi connectivity index (χ2n) is 8.44. The maximum Gasteiger partial charge on any atom is 0.239 e. The van der Waals surface area contributed by atoms with Gasteiger partial charge in [-0.25, -0.2) is 12.7 Å². The van der Waals surface area contributed by atoms with Crippen LogP contribution in [-0.4, -0.2) is 35.5 Å². The molecule has 1 N–H and O–H groups in total. The number of carbonyl (C=O) groups excluding carboxylic acids is 1. The molecule has 2 aliphatic carbocycles. The van der Waals surface area contributed by atoms with E-state index in [9.17, 15) is 18.3 Å². The lowest BCUT2D eigenvalue weighted by molar-refractivity contribution is -0.131. The molecule has 4 rings (SSSR count). The van der Waals surface area contributed by atoms with Crippen LogP contribution in [0.1, 0.15) is 51.2 Å². The van der Waals surface area contributed by atoms with Crippen molar-refractivity contribution in [3.05, 3.63) is 35.9 Å². The molecule has 0 radical (unpaired) electrons. The topological polar surface area (TPSA) is 74.7 Å². The van der Waals surface area contributed by atoms with Crippen LogP contribution in [0.5, 0.6) is 0 Å². The van der Waals surface area contributed by atoms with E-state index in [-0.39, 0.29) is 29.0 Å². The zero-order chi connectivity index (χ0) is 18.0. The summed E-state index contributed by atoms with van der Waals surface area (Å²) >= 11 is 0. The Labute approximate surface area is 149 Å². The molecule has 0 aromatic heterocycles. The molecule has 1 spiro atoms. The molecule has 5 nitrogen and oxygen atoms in total. The third-order valence-corrected chi connectivity index (χ3v) is 9.15. The molecule has 2 saturated carbocycles. The van der Waals surface area contributed by atoms with E-state index in [1.165, 1.54) is 0 Å². The molecule has 1 heterocycles. The van der Waals surface area contributed by atoms with Gasteiger partial charge in [0, 0.05) is 5.41 Å². The van der Waals surface area contributed by atoms with Gasteiger partial charge in [-0.15, -0.1) is 0 Å². The summed E-state index contributed by atoms with van der Waals surface area (Å²) in [5.74, 6) is 0.0744. The number of fused-ring (bicyclic) bond motifs is 1. The summed E-state index contributed by atoms with van der Waals surface area (Å²) in [5, 5.41) is 10.4. The predicted octanol–water partition coefficient (Wildman–Crippen LogP) is 2.48. The molecule has 0 unspecified atom stereocenters. The van der Waals surface area contributed by atoms with Crippen LogP contribution in [0, 0.1) is 16.7 Å². The van der Waals surface area contributed by atoms with Gasteiger partial charge in [-0.05, 0) is 36.2 Å². The number of hydrogen-bond acceptors (Lipinski definition) is 4. The lowest BCUT2D eigenvalue weighted by Gasteiger charge is -2.37. The van der Waals surface area contributed by atoms with Crippen LogP contribution in [0.3, 0.4) is 0 Å². The number of aliphatic hydroxyl groups excluding tert-OH is 1. The smallest absolute Gasteiger partial charge is 0.239 e. The van der Waals surface area contributed by atoms with Crippen molar-refractivity contribution in [1.29, 1.82) is 0 Å². The van der Waals surface area contributed by atoms with Crippen molar-refractivity contribution < 1.29 is 18.3 Å². The summed E-state index contributed by atoms with van der Waals surface area (Å²) < 4.78 is 26.8. The van der Waals surface area contributed by atoms with E-state index in [1.807, 2.05) is 6.07 Å². The van der Waals surface area contributed by atoms with Crippen molar-refractivity contribution >= 4 is 15.9 Å². The van der Waals surface area contributed by atoms with Gasteiger partial charge >= 0.3 is 0 Å². The average molecular weight is 363 g/mol. The third-order valence-electron chi connectivity index (χ3n) is 7.21. The molecule has 1 saturated heterocycles. The Balaban J connectivity index is 1.61. The summed E-state index contributed by atoms with van der Waals surface area (Å²) in [6, 6.07) is 8.69.